The Balaban J connectivity index is 2.95. The molecule has 0 aromatic heterocycles. The molecule has 1 amide bonds. The molecule has 0 heterocycles. The van der Waals surface area contributed by atoms with Crippen molar-refractivity contribution in [2.45, 2.75) is 19.4 Å². The molecule has 0 saturated carbocycles. The van der Waals surface area contributed by atoms with Crippen molar-refractivity contribution in [3.05, 3.63) is 28.2 Å². The Hall–Kier alpha value is -1.56. The molecule has 0 bridgehead atoms. The van der Waals surface area contributed by atoms with E-state index < -0.39 is 17.4 Å². The van der Waals surface area contributed by atoms with Crippen molar-refractivity contribution < 1.29 is 14.3 Å². The van der Waals surface area contributed by atoms with Gasteiger partial charge in [-0.2, -0.15) is 0 Å². The number of nitrogens with one attached hydrogen (secondary N) is 1. The van der Waals surface area contributed by atoms with Crippen LogP contribution in [-0.2, 0) is 9.53 Å². The van der Waals surface area contributed by atoms with Gasteiger partial charge in [0.15, 0.2) is 0 Å². The SMILES string of the molecule is COC(=O)C(C)(C)NC(=O)c1cc(Br)ccc1N. The molecule has 0 aliphatic heterocycles. The number of hydrogen-bond donors (Lipinski definition) is 2. The first-order chi connectivity index (χ1) is 8.27. The monoisotopic (exact) mass is 314 g/mol. The molecule has 6 heteroatoms. The lowest BCUT2D eigenvalue weighted by atomic mass is 10.0. The lowest BCUT2D eigenvalue weighted by Gasteiger charge is -2.23. The van der Waals surface area contributed by atoms with Gasteiger partial charge in [0, 0.05) is 10.2 Å². The maximum Gasteiger partial charge on any atom is 0.330 e. The summed E-state index contributed by atoms with van der Waals surface area (Å²) in [6.45, 7) is 3.12. The van der Waals surface area contributed by atoms with Crippen LogP contribution in [0.5, 0.6) is 0 Å². The Labute approximate surface area is 114 Å². The highest BCUT2D eigenvalue weighted by molar-refractivity contribution is 9.10. The molecule has 0 aliphatic rings. The Morgan fingerprint density at radius 2 is 2.00 bits per heavy atom. The van der Waals surface area contributed by atoms with Crippen LogP contribution >= 0.6 is 15.9 Å². The molecule has 0 fully saturated rings. The number of nitrogen functional groups attached to an aromatic ring is 1. The highest BCUT2D eigenvalue weighted by Crippen LogP contribution is 2.19. The fourth-order valence-electron chi connectivity index (χ4n) is 1.38. The van der Waals surface area contributed by atoms with Gasteiger partial charge < -0.3 is 15.8 Å². The molecule has 98 valence electrons. The number of anilines is 1. The van der Waals surface area contributed by atoms with Crippen LogP contribution in [0.15, 0.2) is 22.7 Å². The van der Waals surface area contributed by atoms with Crippen molar-refractivity contribution in [3.63, 3.8) is 0 Å². The maximum atomic E-state index is 12.0. The Bertz CT molecular complexity index is 486. The van der Waals surface area contributed by atoms with Gasteiger partial charge in [-0.15, -0.1) is 0 Å². The first kappa shape index (κ1) is 14.5. The summed E-state index contributed by atoms with van der Waals surface area (Å²) in [5.41, 5.74) is 5.26. The third-order valence-corrected chi connectivity index (χ3v) is 2.87. The number of esters is 1. The minimum Gasteiger partial charge on any atom is -0.467 e. The summed E-state index contributed by atoms with van der Waals surface area (Å²) >= 11 is 3.26. The Morgan fingerprint density at radius 3 is 2.56 bits per heavy atom. The molecule has 3 N–H and O–H groups in total. The number of carbonyl (C=O) groups excluding carboxylic acids is 2. The summed E-state index contributed by atoms with van der Waals surface area (Å²) in [4.78, 5) is 23.5. The van der Waals surface area contributed by atoms with Crippen LogP contribution in [0.4, 0.5) is 5.69 Å². The van der Waals surface area contributed by atoms with Crippen LogP contribution in [0.3, 0.4) is 0 Å². The second-order valence-electron chi connectivity index (χ2n) is 4.30. The number of rotatable bonds is 3. The van der Waals surface area contributed by atoms with E-state index in [0.29, 0.717) is 11.3 Å². The van der Waals surface area contributed by atoms with Gasteiger partial charge in [-0.1, -0.05) is 15.9 Å². The lowest BCUT2D eigenvalue weighted by Crippen LogP contribution is -2.50. The van der Waals surface area contributed by atoms with Gasteiger partial charge in [-0.05, 0) is 32.0 Å². The van der Waals surface area contributed by atoms with Crippen LogP contribution in [0.1, 0.15) is 24.2 Å². The van der Waals surface area contributed by atoms with Gasteiger partial charge in [-0.25, -0.2) is 4.79 Å². The summed E-state index contributed by atoms with van der Waals surface area (Å²) in [6, 6.07) is 4.94. The molecule has 1 rings (SSSR count). The zero-order chi connectivity index (χ0) is 13.9. The van der Waals surface area contributed by atoms with Gasteiger partial charge in [-0.3, -0.25) is 4.79 Å². The van der Waals surface area contributed by atoms with E-state index in [-0.39, 0.29) is 0 Å². The summed E-state index contributed by atoms with van der Waals surface area (Å²) < 4.78 is 5.35. The Morgan fingerprint density at radius 1 is 1.39 bits per heavy atom. The van der Waals surface area contributed by atoms with Crippen LogP contribution in [-0.4, -0.2) is 24.5 Å². The number of amides is 1. The van der Waals surface area contributed by atoms with Gasteiger partial charge in [0.05, 0.1) is 12.7 Å². The molecule has 1 aromatic carbocycles. The van der Waals surface area contributed by atoms with Crippen molar-refractivity contribution in [2.24, 2.45) is 0 Å². The standard InChI is InChI=1S/C12H15BrN2O3/c1-12(2,11(17)18-3)15-10(16)8-6-7(13)4-5-9(8)14/h4-6H,14H2,1-3H3,(H,15,16). The summed E-state index contributed by atoms with van der Waals surface area (Å²) in [5, 5.41) is 2.58. The van der Waals surface area contributed by atoms with E-state index in [1.165, 1.54) is 7.11 Å². The molecular weight excluding hydrogens is 300 g/mol. The number of methoxy groups -OCH3 is 1. The number of hydrogen-bond acceptors (Lipinski definition) is 4. The fourth-order valence-corrected chi connectivity index (χ4v) is 1.74. The predicted octanol–water partition coefficient (Wildman–Crippen LogP) is 1.71. The van der Waals surface area contributed by atoms with Crippen LogP contribution in [0.2, 0.25) is 0 Å². The van der Waals surface area contributed by atoms with E-state index in [9.17, 15) is 9.59 Å². The van der Waals surface area contributed by atoms with Crippen molar-refractivity contribution in [1.82, 2.24) is 5.32 Å². The molecule has 0 spiro atoms. The molecule has 0 saturated heterocycles. The van der Waals surface area contributed by atoms with Crippen molar-refractivity contribution in [1.29, 1.82) is 0 Å². The molecule has 0 atom stereocenters. The zero-order valence-corrected chi connectivity index (χ0v) is 12.0. The van der Waals surface area contributed by atoms with Crippen molar-refractivity contribution >= 4 is 33.5 Å². The van der Waals surface area contributed by atoms with E-state index in [1.807, 2.05) is 0 Å². The van der Waals surface area contributed by atoms with Crippen LogP contribution in [0, 0.1) is 0 Å². The molecule has 5 nitrogen and oxygen atoms in total. The zero-order valence-electron chi connectivity index (χ0n) is 10.4. The minimum absolute atomic E-state index is 0.307. The second kappa shape index (κ2) is 5.39. The third kappa shape index (κ3) is 3.22. The molecule has 0 unspecified atom stereocenters. The fraction of sp³-hybridized carbons (Fsp3) is 0.333. The van der Waals surface area contributed by atoms with E-state index >= 15 is 0 Å². The number of carbonyl (C=O) groups is 2. The van der Waals surface area contributed by atoms with Gasteiger partial charge in [0.25, 0.3) is 5.91 Å². The first-order valence-electron chi connectivity index (χ1n) is 5.24. The van der Waals surface area contributed by atoms with E-state index in [2.05, 4.69) is 26.0 Å². The average molecular weight is 315 g/mol. The topological polar surface area (TPSA) is 81.4 Å². The average Bonchev–Trinajstić information content (AvgIpc) is 2.30. The Kier molecular flexibility index (Phi) is 4.34. The number of benzene rings is 1. The highest BCUT2D eigenvalue weighted by atomic mass is 79.9. The number of nitrogens with two attached hydrogens (primary N) is 1. The van der Waals surface area contributed by atoms with Gasteiger partial charge in [0.1, 0.15) is 5.54 Å². The maximum absolute atomic E-state index is 12.0. The summed E-state index contributed by atoms with van der Waals surface area (Å²) in [5.74, 6) is -0.950. The van der Waals surface area contributed by atoms with Crippen LogP contribution in [0.25, 0.3) is 0 Å². The third-order valence-electron chi connectivity index (χ3n) is 2.38. The van der Waals surface area contributed by atoms with E-state index in [1.54, 1.807) is 32.0 Å². The largest absolute Gasteiger partial charge is 0.467 e. The minimum atomic E-state index is -1.11. The van der Waals surface area contributed by atoms with Crippen molar-refractivity contribution in [2.75, 3.05) is 12.8 Å². The first-order valence-corrected chi connectivity index (χ1v) is 6.03. The molecule has 0 radical (unpaired) electrons. The predicted molar refractivity (Wildman–Crippen MR) is 72.1 cm³/mol. The molecular formula is C12H15BrN2O3. The lowest BCUT2D eigenvalue weighted by molar-refractivity contribution is -0.146. The summed E-state index contributed by atoms with van der Waals surface area (Å²) in [7, 11) is 1.27. The highest BCUT2D eigenvalue weighted by Gasteiger charge is 2.31. The van der Waals surface area contributed by atoms with Crippen LogP contribution < -0.4 is 11.1 Å². The number of ether oxygens (including phenoxy) is 1. The van der Waals surface area contributed by atoms with E-state index in [0.717, 1.165) is 4.47 Å². The summed E-state index contributed by atoms with van der Waals surface area (Å²) in [6.07, 6.45) is 0. The smallest absolute Gasteiger partial charge is 0.330 e. The number of halogens is 1. The van der Waals surface area contributed by atoms with Gasteiger partial charge in [0.2, 0.25) is 0 Å². The van der Waals surface area contributed by atoms with Crippen molar-refractivity contribution in [3.8, 4) is 0 Å². The quantitative estimate of drug-likeness (QED) is 0.657. The second-order valence-corrected chi connectivity index (χ2v) is 5.22. The molecule has 18 heavy (non-hydrogen) atoms. The van der Waals surface area contributed by atoms with E-state index in [4.69, 9.17) is 5.73 Å². The molecule has 0 aliphatic carbocycles. The van der Waals surface area contributed by atoms with Gasteiger partial charge >= 0.3 is 5.97 Å². The normalized spacial score (nSPS) is 10.9. The molecule has 1 aromatic rings.